The molecule has 0 saturated carbocycles. The molecular weight excluding hydrogens is 252 g/mol. The number of carbonyl (C=O) groups is 1. The minimum absolute atomic E-state index is 0.159. The maximum atomic E-state index is 12.3. The number of nitrogens with zero attached hydrogens (tertiary/aromatic N) is 2. The van der Waals surface area contributed by atoms with Gasteiger partial charge in [-0.05, 0) is 31.0 Å². The molecule has 3 N–H and O–H groups in total. The molecule has 20 heavy (non-hydrogen) atoms. The Bertz CT molecular complexity index is 604. The third-order valence-electron chi connectivity index (χ3n) is 3.19. The number of nitrogens with two attached hydrogens (primary N) is 1. The van der Waals surface area contributed by atoms with Crippen molar-refractivity contribution in [3.63, 3.8) is 0 Å². The molecule has 5 nitrogen and oxygen atoms in total. The number of benzene rings is 1. The summed E-state index contributed by atoms with van der Waals surface area (Å²) in [6, 6.07) is 7.13. The van der Waals surface area contributed by atoms with E-state index in [0.29, 0.717) is 17.1 Å². The summed E-state index contributed by atoms with van der Waals surface area (Å²) in [5.41, 5.74) is 7.81. The lowest BCUT2D eigenvalue weighted by atomic mass is 10.1. The van der Waals surface area contributed by atoms with Crippen LogP contribution in [0.5, 0.6) is 0 Å². The van der Waals surface area contributed by atoms with E-state index in [9.17, 15) is 4.79 Å². The fourth-order valence-electron chi connectivity index (χ4n) is 1.99. The van der Waals surface area contributed by atoms with Crippen molar-refractivity contribution >= 4 is 17.4 Å². The zero-order chi connectivity index (χ0) is 14.5. The number of hydrogen-bond donors (Lipinski definition) is 2. The van der Waals surface area contributed by atoms with Crippen LogP contribution in [0.3, 0.4) is 0 Å². The molecule has 0 fully saturated rings. The fourth-order valence-corrected chi connectivity index (χ4v) is 1.99. The molecule has 0 bridgehead atoms. The molecule has 0 spiro atoms. The van der Waals surface area contributed by atoms with Crippen LogP contribution in [-0.4, -0.2) is 15.7 Å². The third kappa shape index (κ3) is 3.17. The Balaban J connectivity index is 2.15. The minimum atomic E-state index is -0.159. The van der Waals surface area contributed by atoms with E-state index < -0.39 is 0 Å². The second kappa shape index (κ2) is 6.23. The van der Waals surface area contributed by atoms with Crippen LogP contribution in [-0.2, 0) is 6.54 Å². The highest BCUT2D eigenvalue weighted by Gasteiger charge is 2.12. The SMILES string of the molecule is CCCCn1nccc1NC(=O)c1cc(N)ccc1C. The second-order valence-electron chi connectivity index (χ2n) is 4.82. The number of aromatic nitrogens is 2. The normalized spacial score (nSPS) is 10.5. The minimum Gasteiger partial charge on any atom is -0.399 e. The molecule has 1 amide bonds. The highest BCUT2D eigenvalue weighted by Crippen LogP contribution is 2.15. The Morgan fingerprint density at radius 1 is 1.40 bits per heavy atom. The van der Waals surface area contributed by atoms with Crippen molar-refractivity contribution in [1.29, 1.82) is 0 Å². The predicted molar refractivity (Wildman–Crippen MR) is 80.7 cm³/mol. The third-order valence-corrected chi connectivity index (χ3v) is 3.19. The highest BCUT2D eigenvalue weighted by molar-refractivity contribution is 6.05. The predicted octanol–water partition coefficient (Wildman–Crippen LogP) is 2.83. The molecule has 0 atom stereocenters. The Morgan fingerprint density at radius 2 is 2.20 bits per heavy atom. The van der Waals surface area contributed by atoms with Crippen LogP contribution in [0.4, 0.5) is 11.5 Å². The molecule has 0 unspecified atom stereocenters. The maximum Gasteiger partial charge on any atom is 0.257 e. The van der Waals surface area contributed by atoms with E-state index >= 15 is 0 Å². The number of amides is 1. The van der Waals surface area contributed by atoms with Crippen molar-refractivity contribution in [1.82, 2.24) is 9.78 Å². The first kappa shape index (κ1) is 14.1. The van der Waals surface area contributed by atoms with Crippen molar-refractivity contribution in [3.05, 3.63) is 41.6 Å². The molecule has 106 valence electrons. The van der Waals surface area contributed by atoms with Crippen LogP contribution in [0, 0.1) is 6.92 Å². The van der Waals surface area contributed by atoms with Gasteiger partial charge < -0.3 is 11.1 Å². The summed E-state index contributed by atoms with van der Waals surface area (Å²) in [5, 5.41) is 7.11. The standard InChI is InChI=1S/C15H20N4O/c1-3-4-9-19-14(7-8-17-19)18-15(20)13-10-12(16)6-5-11(13)2/h5-8,10H,3-4,9,16H2,1-2H3,(H,18,20). The maximum absolute atomic E-state index is 12.3. The average Bonchev–Trinajstić information content (AvgIpc) is 2.86. The smallest absolute Gasteiger partial charge is 0.257 e. The van der Waals surface area contributed by atoms with Crippen molar-refractivity contribution in [3.8, 4) is 0 Å². The molecule has 2 aromatic rings. The van der Waals surface area contributed by atoms with Crippen LogP contribution in [0.15, 0.2) is 30.5 Å². The number of carbonyl (C=O) groups excluding carboxylic acids is 1. The van der Waals surface area contributed by atoms with Gasteiger partial charge >= 0.3 is 0 Å². The molecule has 2 rings (SSSR count). The molecule has 0 aliphatic carbocycles. The molecule has 0 saturated heterocycles. The zero-order valence-electron chi connectivity index (χ0n) is 11.9. The summed E-state index contributed by atoms with van der Waals surface area (Å²) in [6.07, 6.45) is 3.81. The van der Waals surface area contributed by atoms with E-state index in [4.69, 9.17) is 5.73 Å². The van der Waals surface area contributed by atoms with Gasteiger partial charge in [0, 0.05) is 23.9 Å². The van der Waals surface area contributed by atoms with Crippen LogP contribution in [0.25, 0.3) is 0 Å². The Kier molecular flexibility index (Phi) is 4.40. The topological polar surface area (TPSA) is 72.9 Å². The van der Waals surface area contributed by atoms with Crippen LogP contribution >= 0.6 is 0 Å². The molecule has 0 aliphatic heterocycles. The summed E-state index contributed by atoms with van der Waals surface area (Å²) in [5.74, 6) is 0.554. The Labute approximate surface area is 118 Å². The van der Waals surface area contributed by atoms with Gasteiger partial charge in [0.05, 0.1) is 6.20 Å². The van der Waals surface area contributed by atoms with Gasteiger partial charge in [-0.15, -0.1) is 0 Å². The highest BCUT2D eigenvalue weighted by atomic mass is 16.1. The van der Waals surface area contributed by atoms with Gasteiger partial charge in [-0.1, -0.05) is 19.4 Å². The first-order chi connectivity index (χ1) is 9.61. The van der Waals surface area contributed by atoms with Crippen molar-refractivity contribution in [2.75, 3.05) is 11.1 Å². The quantitative estimate of drug-likeness (QED) is 0.822. The van der Waals surface area contributed by atoms with Crippen LogP contribution < -0.4 is 11.1 Å². The van der Waals surface area contributed by atoms with Crippen molar-refractivity contribution in [2.24, 2.45) is 0 Å². The molecular formula is C15H20N4O. The summed E-state index contributed by atoms with van der Waals surface area (Å²) in [6.45, 7) is 4.82. The molecule has 1 aromatic carbocycles. The van der Waals surface area contributed by atoms with Gasteiger partial charge in [0.2, 0.25) is 0 Å². The lowest BCUT2D eigenvalue weighted by molar-refractivity contribution is 0.102. The van der Waals surface area contributed by atoms with Gasteiger partial charge in [0.1, 0.15) is 5.82 Å². The first-order valence-electron chi connectivity index (χ1n) is 6.81. The lowest BCUT2D eigenvalue weighted by Crippen LogP contribution is -2.17. The number of nitrogens with one attached hydrogen (secondary N) is 1. The number of hydrogen-bond acceptors (Lipinski definition) is 3. The van der Waals surface area contributed by atoms with E-state index in [1.54, 1.807) is 24.4 Å². The fraction of sp³-hybridized carbons (Fsp3) is 0.333. The zero-order valence-corrected chi connectivity index (χ0v) is 11.9. The summed E-state index contributed by atoms with van der Waals surface area (Å²) < 4.78 is 1.81. The largest absolute Gasteiger partial charge is 0.399 e. The van der Waals surface area contributed by atoms with E-state index in [0.717, 1.165) is 24.9 Å². The van der Waals surface area contributed by atoms with Crippen molar-refractivity contribution in [2.45, 2.75) is 33.2 Å². The van der Waals surface area contributed by atoms with E-state index in [2.05, 4.69) is 17.3 Å². The van der Waals surface area contributed by atoms with Crippen LogP contribution in [0.2, 0.25) is 0 Å². The number of aryl methyl sites for hydroxylation is 2. The molecule has 0 aliphatic rings. The van der Waals surface area contributed by atoms with Crippen molar-refractivity contribution < 1.29 is 4.79 Å². The second-order valence-corrected chi connectivity index (χ2v) is 4.82. The van der Waals surface area contributed by atoms with Gasteiger partial charge in [0.25, 0.3) is 5.91 Å². The lowest BCUT2D eigenvalue weighted by Gasteiger charge is -2.10. The number of unbranched alkanes of at least 4 members (excludes halogenated alkanes) is 1. The number of nitrogen functional groups attached to an aromatic ring is 1. The monoisotopic (exact) mass is 272 g/mol. The molecule has 5 heteroatoms. The molecule has 0 radical (unpaired) electrons. The van der Waals surface area contributed by atoms with Crippen LogP contribution in [0.1, 0.15) is 35.7 Å². The molecule has 1 heterocycles. The van der Waals surface area contributed by atoms with E-state index in [1.807, 2.05) is 17.7 Å². The van der Waals surface area contributed by atoms with Gasteiger partial charge in [0.15, 0.2) is 0 Å². The van der Waals surface area contributed by atoms with Gasteiger partial charge in [-0.25, -0.2) is 4.68 Å². The van der Waals surface area contributed by atoms with Gasteiger partial charge in [-0.3, -0.25) is 4.79 Å². The number of anilines is 2. The Morgan fingerprint density at radius 3 is 2.95 bits per heavy atom. The Hall–Kier alpha value is -2.30. The first-order valence-corrected chi connectivity index (χ1v) is 6.81. The summed E-state index contributed by atoms with van der Waals surface area (Å²) in [4.78, 5) is 12.3. The summed E-state index contributed by atoms with van der Waals surface area (Å²) >= 11 is 0. The average molecular weight is 272 g/mol. The van der Waals surface area contributed by atoms with E-state index in [-0.39, 0.29) is 5.91 Å². The van der Waals surface area contributed by atoms with Gasteiger partial charge in [-0.2, -0.15) is 5.10 Å². The summed E-state index contributed by atoms with van der Waals surface area (Å²) in [7, 11) is 0. The van der Waals surface area contributed by atoms with E-state index in [1.165, 1.54) is 0 Å². The number of rotatable bonds is 5. The molecule has 1 aromatic heterocycles.